The Balaban J connectivity index is 1.85. The van der Waals surface area contributed by atoms with Gasteiger partial charge in [-0.15, -0.1) is 0 Å². The topological polar surface area (TPSA) is 68.0 Å². The van der Waals surface area contributed by atoms with Crippen molar-refractivity contribution in [3.63, 3.8) is 0 Å². The van der Waals surface area contributed by atoms with Crippen LogP contribution in [0.15, 0.2) is 59.1 Å². The standard InChI is InChI=1S/C19H19N3O2/c1-2-3-13-17(23)20-16-12-8-7-11-15(16)19-21-18(22-24-19)14-9-5-4-6-10-14/h4-12H,2-3,13H2,1H3,(H,20,23). The normalized spacial score (nSPS) is 10.5. The molecule has 0 aliphatic carbocycles. The lowest BCUT2D eigenvalue weighted by atomic mass is 10.1. The summed E-state index contributed by atoms with van der Waals surface area (Å²) in [6, 6.07) is 17.1. The van der Waals surface area contributed by atoms with Crippen LogP contribution in [0.3, 0.4) is 0 Å². The summed E-state index contributed by atoms with van der Waals surface area (Å²) in [5.74, 6) is 0.907. The van der Waals surface area contributed by atoms with Gasteiger partial charge in [-0.25, -0.2) is 0 Å². The molecule has 5 nitrogen and oxygen atoms in total. The minimum Gasteiger partial charge on any atom is -0.334 e. The van der Waals surface area contributed by atoms with E-state index in [4.69, 9.17) is 4.52 Å². The molecule has 24 heavy (non-hydrogen) atoms. The second-order valence-electron chi connectivity index (χ2n) is 5.49. The summed E-state index contributed by atoms with van der Waals surface area (Å²) in [7, 11) is 0. The van der Waals surface area contributed by atoms with Crippen molar-refractivity contribution < 1.29 is 9.32 Å². The zero-order valence-electron chi connectivity index (χ0n) is 13.5. The van der Waals surface area contributed by atoms with E-state index in [1.54, 1.807) is 0 Å². The van der Waals surface area contributed by atoms with Gasteiger partial charge in [-0.3, -0.25) is 4.79 Å². The SMILES string of the molecule is CCCCC(=O)Nc1ccccc1-c1nc(-c2ccccc2)no1. The summed E-state index contributed by atoms with van der Waals surface area (Å²) in [4.78, 5) is 16.5. The number of nitrogens with one attached hydrogen (secondary N) is 1. The minimum atomic E-state index is -0.00732. The van der Waals surface area contributed by atoms with Crippen LogP contribution in [0.5, 0.6) is 0 Å². The van der Waals surface area contributed by atoms with Gasteiger partial charge >= 0.3 is 0 Å². The van der Waals surface area contributed by atoms with E-state index in [1.165, 1.54) is 0 Å². The molecule has 122 valence electrons. The number of para-hydroxylation sites is 1. The molecule has 1 aromatic heterocycles. The monoisotopic (exact) mass is 321 g/mol. The molecule has 1 N–H and O–H groups in total. The molecule has 0 aliphatic rings. The predicted molar refractivity (Wildman–Crippen MR) is 93.3 cm³/mol. The van der Waals surface area contributed by atoms with Gasteiger partial charge in [0.25, 0.3) is 5.89 Å². The van der Waals surface area contributed by atoms with E-state index in [2.05, 4.69) is 22.4 Å². The smallest absolute Gasteiger partial charge is 0.260 e. The van der Waals surface area contributed by atoms with Crippen molar-refractivity contribution in [2.24, 2.45) is 0 Å². The van der Waals surface area contributed by atoms with Crippen LogP contribution in [0, 0.1) is 0 Å². The van der Waals surface area contributed by atoms with Crippen LogP contribution in [-0.4, -0.2) is 16.0 Å². The maximum absolute atomic E-state index is 12.0. The molecule has 0 saturated heterocycles. The Labute approximate surface area is 140 Å². The quantitative estimate of drug-likeness (QED) is 0.724. The van der Waals surface area contributed by atoms with Crippen LogP contribution < -0.4 is 5.32 Å². The number of nitrogens with zero attached hydrogens (tertiary/aromatic N) is 2. The van der Waals surface area contributed by atoms with Crippen LogP contribution in [-0.2, 0) is 4.79 Å². The molecule has 1 heterocycles. The fourth-order valence-corrected chi connectivity index (χ4v) is 2.37. The number of rotatable bonds is 6. The Bertz CT molecular complexity index is 812. The maximum Gasteiger partial charge on any atom is 0.260 e. The average molecular weight is 321 g/mol. The third kappa shape index (κ3) is 3.68. The molecule has 0 radical (unpaired) electrons. The number of carbonyl (C=O) groups excluding carboxylic acids is 1. The van der Waals surface area contributed by atoms with E-state index in [-0.39, 0.29) is 5.91 Å². The van der Waals surface area contributed by atoms with Gasteiger partial charge in [-0.1, -0.05) is 61.0 Å². The number of amides is 1. The molecule has 3 rings (SSSR count). The molecule has 0 unspecified atom stereocenters. The highest BCUT2D eigenvalue weighted by atomic mass is 16.5. The van der Waals surface area contributed by atoms with Gasteiger partial charge in [0.1, 0.15) is 0 Å². The number of anilines is 1. The summed E-state index contributed by atoms with van der Waals surface area (Å²) in [5, 5.41) is 6.96. The Morgan fingerprint density at radius 2 is 1.83 bits per heavy atom. The highest BCUT2D eigenvalue weighted by molar-refractivity contribution is 5.94. The van der Waals surface area contributed by atoms with Crippen LogP contribution in [0.1, 0.15) is 26.2 Å². The Morgan fingerprint density at radius 3 is 2.62 bits per heavy atom. The summed E-state index contributed by atoms with van der Waals surface area (Å²) in [5.41, 5.74) is 2.29. The van der Waals surface area contributed by atoms with Gasteiger partial charge in [-0.2, -0.15) is 4.98 Å². The molecule has 3 aromatic rings. The summed E-state index contributed by atoms with van der Waals surface area (Å²) >= 11 is 0. The fourth-order valence-electron chi connectivity index (χ4n) is 2.37. The first-order valence-corrected chi connectivity index (χ1v) is 8.06. The zero-order chi connectivity index (χ0) is 16.8. The van der Waals surface area contributed by atoms with Gasteiger partial charge in [0, 0.05) is 12.0 Å². The van der Waals surface area contributed by atoms with Crippen molar-refractivity contribution >= 4 is 11.6 Å². The molecule has 0 atom stereocenters. The Hall–Kier alpha value is -2.95. The van der Waals surface area contributed by atoms with E-state index >= 15 is 0 Å². The van der Waals surface area contributed by atoms with Crippen LogP contribution in [0.4, 0.5) is 5.69 Å². The number of aromatic nitrogens is 2. The van der Waals surface area contributed by atoms with E-state index in [9.17, 15) is 4.79 Å². The lowest BCUT2D eigenvalue weighted by Crippen LogP contribution is -2.11. The molecule has 0 fully saturated rings. The van der Waals surface area contributed by atoms with E-state index in [1.807, 2.05) is 54.6 Å². The van der Waals surface area contributed by atoms with Crippen molar-refractivity contribution in [2.75, 3.05) is 5.32 Å². The minimum absolute atomic E-state index is 0.00732. The lowest BCUT2D eigenvalue weighted by Gasteiger charge is -2.08. The van der Waals surface area contributed by atoms with Gasteiger partial charge in [0.2, 0.25) is 11.7 Å². The molecule has 0 aliphatic heterocycles. The second kappa shape index (κ2) is 7.55. The first-order valence-electron chi connectivity index (χ1n) is 8.06. The maximum atomic E-state index is 12.0. The molecule has 0 saturated carbocycles. The van der Waals surface area contributed by atoms with Crippen LogP contribution >= 0.6 is 0 Å². The van der Waals surface area contributed by atoms with E-state index < -0.39 is 0 Å². The van der Waals surface area contributed by atoms with E-state index in [0.29, 0.717) is 23.8 Å². The van der Waals surface area contributed by atoms with Crippen molar-refractivity contribution in [1.29, 1.82) is 0 Å². The lowest BCUT2D eigenvalue weighted by molar-refractivity contribution is -0.116. The number of unbranched alkanes of at least 4 members (excludes halogenated alkanes) is 1. The molecular formula is C19H19N3O2. The fraction of sp³-hybridized carbons (Fsp3) is 0.211. The van der Waals surface area contributed by atoms with Gasteiger partial charge in [-0.05, 0) is 18.6 Å². The van der Waals surface area contributed by atoms with Crippen molar-refractivity contribution in [1.82, 2.24) is 10.1 Å². The largest absolute Gasteiger partial charge is 0.334 e. The number of carbonyl (C=O) groups is 1. The molecule has 2 aromatic carbocycles. The summed E-state index contributed by atoms with van der Waals surface area (Å²) in [6.07, 6.45) is 2.36. The molecule has 0 bridgehead atoms. The van der Waals surface area contributed by atoms with E-state index in [0.717, 1.165) is 24.0 Å². The Morgan fingerprint density at radius 1 is 1.08 bits per heavy atom. The highest BCUT2D eigenvalue weighted by Crippen LogP contribution is 2.28. The van der Waals surface area contributed by atoms with Crippen molar-refractivity contribution in [3.8, 4) is 22.8 Å². The number of benzene rings is 2. The molecule has 0 spiro atoms. The molecule has 5 heteroatoms. The van der Waals surface area contributed by atoms with Crippen LogP contribution in [0.2, 0.25) is 0 Å². The highest BCUT2D eigenvalue weighted by Gasteiger charge is 2.15. The summed E-state index contributed by atoms with van der Waals surface area (Å²) < 4.78 is 5.40. The molecule has 1 amide bonds. The van der Waals surface area contributed by atoms with Gasteiger partial charge in [0.05, 0.1) is 11.3 Å². The van der Waals surface area contributed by atoms with Gasteiger partial charge in [0.15, 0.2) is 0 Å². The van der Waals surface area contributed by atoms with Crippen molar-refractivity contribution in [2.45, 2.75) is 26.2 Å². The van der Waals surface area contributed by atoms with Crippen LogP contribution in [0.25, 0.3) is 22.8 Å². The third-order valence-corrected chi connectivity index (χ3v) is 3.65. The Kier molecular flexibility index (Phi) is 5.01. The first-order chi connectivity index (χ1) is 11.8. The average Bonchev–Trinajstić information content (AvgIpc) is 3.11. The van der Waals surface area contributed by atoms with Gasteiger partial charge < -0.3 is 9.84 Å². The zero-order valence-corrected chi connectivity index (χ0v) is 13.5. The van der Waals surface area contributed by atoms with Crippen molar-refractivity contribution in [3.05, 3.63) is 54.6 Å². The number of hydrogen-bond acceptors (Lipinski definition) is 4. The molecular weight excluding hydrogens is 302 g/mol. The first kappa shape index (κ1) is 15.9. The summed E-state index contributed by atoms with van der Waals surface area (Å²) in [6.45, 7) is 2.06. The third-order valence-electron chi connectivity index (χ3n) is 3.65. The number of hydrogen-bond donors (Lipinski definition) is 1. The second-order valence-corrected chi connectivity index (χ2v) is 5.49. The predicted octanol–water partition coefficient (Wildman–Crippen LogP) is 4.53.